The van der Waals surface area contributed by atoms with Gasteiger partial charge in [0.2, 0.25) is 0 Å². The van der Waals surface area contributed by atoms with Gasteiger partial charge in [0, 0.05) is 0 Å². The normalized spacial score (nSPS) is 14.5. The first-order chi connectivity index (χ1) is 4.83. The van der Waals surface area contributed by atoms with E-state index in [4.69, 9.17) is 15.3 Å². The summed E-state index contributed by atoms with van der Waals surface area (Å²) in [4.78, 5) is 10.2. The highest BCUT2D eigenvalue weighted by atomic mass is 28.4. The van der Waals surface area contributed by atoms with Crippen molar-refractivity contribution in [2.45, 2.75) is 25.7 Å². The summed E-state index contributed by atoms with van der Waals surface area (Å²) in [5, 5.41) is 8.39. The van der Waals surface area contributed by atoms with Crippen LogP contribution in [0.15, 0.2) is 0 Å². The molecule has 0 saturated carbocycles. The topological polar surface area (TPSA) is 72.5 Å². The van der Waals surface area contributed by atoms with E-state index in [-0.39, 0.29) is 6.61 Å². The second kappa shape index (κ2) is 3.84. The van der Waals surface area contributed by atoms with Crippen LogP contribution in [0.1, 0.15) is 0 Å². The Balaban J connectivity index is 3.63. The molecule has 0 aliphatic rings. The molecule has 1 atom stereocenters. The first kappa shape index (κ1) is 10.6. The molecule has 0 saturated heterocycles. The van der Waals surface area contributed by atoms with Gasteiger partial charge in [0.05, 0.1) is 6.61 Å². The monoisotopic (exact) mass is 177 g/mol. The van der Waals surface area contributed by atoms with Crippen molar-refractivity contribution in [3.63, 3.8) is 0 Å². The highest BCUT2D eigenvalue weighted by Gasteiger charge is 2.18. The van der Waals surface area contributed by atoms with Crippen LogP contribution >= 0.6 is 0 Å². The lowest BCUT2D eigenvalue weighted by molar-refractivity contribution is -0.139. The maximum atomic E-state index is 10.2. The largest absolute Gasteiger partial charge is 0.480 e. The smallest absolute Gasteiger partial charge is 0.322 e. The molecule has 0 spiro atoms. The molecule has 5 heteroatoms. The van der Waals surface area contributed by atoms with E-state index in [0.29, 0.717) is 0 Å². The van der Waals surface area contributed by atoms with Crippen LogP contribution in [0.2, 0.25) is 19.6 Å². The second-order valence-electron chi connectivity index (χ2n) is 3.37. The quantitative estimate of drug-likeness (QED) is 0.604. The Hall–Kier alpha value is -0.393. The summed E-state index contributed by atoms with van der Waals surface area (Å²) < 4.78 is 5.29. The van der Waals surface area contributed by atoms with Gasteiger partial charge in [-0.3, -0.25) is 4.79 Å². The van der Waals surface area contributed by atoms with E-state index in [2.05, 4.69) is 0 Å². The van der Waals surface area contributed by atoms with E-state index >= 15 is 0 Å². The van der Waals surface area contributed by atoms with Gasteiger partial charge in [-0.15, -0.1) is 0 Å². The van der Waals surface area contributed by atoms with E-state index < -0.39 is 20.3 Å². The molecule has 0 rings (SSSR count). The number of nitrogens with two attached hydrogens (primary N) is 1. The zero-order valence-corrected chi connectivity index (χ0v) is 8.13. The Morgan fingerprint density at radius 2 is 2.09 bits per heavy atom. The average Bonchev–Trinajstić information content (AvgIpc) is 1.80. The number of carboxylic acid groups (broad SMARTS) is 1. The van der Waals surface area contributed by atoms with Crippen molar-refractivity contribution >= 4 is 14.3 Å². The summed E-state index contributed by atoms with van der Waals surface area (Å²) in [6.07, 6.45) is 0. The molecule has 0 fully saturated rings. The summed E-state index contributed by atoms with van der Waals surface area (Å²) >= 11 is 0. The fourth-order valence-electron chi connectivity index (χ4n) is 0.411. The molecule has 0 aliphatic carbocycles. The predicted molar refractivity (Wildman–Crippen MR) is 44.9 cm³/mol. The Kier molecular flexibility index (Phi) is 3.71. The van der Waals surface area contributed by atoms with Gasteiger partial charge in [0.15, 0.2) is 8.32 Å². The van der Waals surface area contributed by atoms with Gasteiger partial charge in [-0.25, -0.2) is 0 Å². The zero-order valence-electron chi connectivity index (χ0n) is 7.13. The molecule has 0 radical (unpaired) electrons. The van der Waals surface area contributed by atoms with E-state index in [1.807, 2.05) is 19.6 Å². The van der Waals surface area contributed by atoms with E-state index in [1.165, 1.54) is 0 Å². The third-order valence-corrected chi connectivity index (χ3v) is 2.05. The highest BCUT2D eigenvalue weighted by Crippen LogP contribution is 2.02. The van der Waals surface area contributed by atoms with E-state index in [1.54, 1.807) is 0 Å². The number of hydrogen-bond donors (Lipinski definition) is 2. The van der Waals surface area contributed by atoms with Crippen molar-refractivity contribution in [3.8, 4) is 0 Å². The molecule has 0 heterocycles. The van der Waals surface area contributed by atoms with Crippen LogP contribution in [-0.4, -0.2) is 32.0 Å². The highest BCUT2D eigenvalue weighted by molar-refractivity contribution is 6.69. The first-order valence-corrected chi connectivity index (χ1v) is 6.86. The molecule has 0 unspecified atom stereocenters. The first-order valence-electron chi connectivity index (χ1n) is 3.45. The third-order valence-electron chi connectivity index (χ3n) is 1.01. The Bertz CT molecular complexity index is 143. The second-order valence-corrected chi connectivity index (χ2v) is 7.88. The van der Waals surface area contributed by atoms with Crippen molar-refractivity contribution in [1.82, 2.24) is 0 Å². The maximum absolute atomic E-state index is 10.2. The van der Waals surface area contributed by atoms with Gasteiger partial charge < -0.3 is 15.3 Å². The summed E-state index contributed by atoms with van der Waals surface area (Å²) in [7, 11) is -1.61. The summed E-state index contributed by atoms with van der Waals surface area (Å²) in [5.74, 6) is -1.01. The number of hydrogen-bond acceptors (Lipinski definition) is 3. The molecule has 0 aliphatic heterocycles. The zero-order chi connectivity index (χ0) is 9.07. The van der Waals surface area contributed by atoms with Crippen molar-refractivity contribution in [3.05, 3.63) is 0 Å². The fourth-order valence-corrected chi connectivity index (χ4v) is 1.09. The Morgan fingerprint density at radius 3 is 2.36 bits per heavy atom. The van der Waals surface area contributed by atoms with Gasteiger partial charge in [-0.05, 0) is 19.6 Å². The summed E-state index contributed by atoms with van der Waals surface area (Å²) in [6.45, 7) is 6.08. The lowest BCUT2D eigenvalue weighted by Gasteiger charge is -2.18. The Morgan fingerprint density at radius 1 is 1.64 bits per heavy atom. The molecule has 0 aromatic rings. The summed E-state index contributed by atoms with van der Waals surface area (Å²) in [5.41, 5.74) is 5.22. The van der Waals surface area contributed by atoms with E-state index in [9.17, 15) is 4.79 Å². The van der Waals surface area contributed by atoms with Gasteiger partial charge in [-0.2, -0.15) is 0 Å². The average molecular weight is 177 g/mol. The molecule has 3 N–H and O–H groups in total. The van der Waals surface area contributed by atoms with Crippen LogP contribution < -0.4 is 5.73 Å². The van der Waals surface area contributed by atoms with Crippen LogP contribution in [0, 0.1) is 0 Å². The van der Waals surface area contributed by atoms with Crippen molar-refractivity contribution in [2.75, 3.05) is 6.61 Å². The minimum absolute atomic E-state index is 0.116. The summed E-state index contributed by atoms with van der Waals surface area (Å²) in [6, 6.07) is -0.887. The van der Waals surface area contributed by atoms with Gasteiger partial charge in [0.25, 0.3) is 0 Å². The molecular formula is C6H15NO3Si. The lowest BCUT2D eigenvalue weighted by atomic mass is 10.3. The van der Waals surface area contributed by atoms with Crippen LogP contribution in [0.5, 0.6) is 0 Å². The minimum Gasteiger partial charge on any atom is -0.480 e. The van der Waals surface area contributed by atoms with Crippen LogP contribution in [0.3, 0.4) is 0 Å². The molecule has 0 bridgehead atoms. The molecule has 4 nitrogen and oxygen atoms in total. The number of carbonyl (C=O) groups is 1. The SMILES string of the molecule is C[Si](C)(C)OC[C@H](N)C(=O)O. The van der Waals surface area contributed by atoms with Gasteiger partial charge >= 0.3 is 5.97 Å². The predicted octanol–water partition coefficient (Wildman–Crippen LogP) is 0.250. The van der Waals surface area contributed by atoms with Gasteiger partial charge in [0.1, 0.15) is 6.04 Å². The van der Waals surface area contributed by atoms with Crippen molar-refractivity contribution in [1.29, 1.82) is 0 Å². The fraction of sp³-hybridized carbons (Fsp3) is 0.833. The molecule has 0 amide bonds. The van der Waals surface area contributed by atoms with E-state index in [0.717, 1.165) is 0 Å². The standard InChI is InChI=1S/C6H15NO3Si/c1-11(2,3)10-4-5(7)6(8)9/h5H,4,7H2,1-3H3,(H,8,9)/t5-/m0/s1. The minimum atomic E-state index is -1.61. The molecule has 66 valence electrons. The number of carboxylic acids is 1. The molecular weight excluding hydrogens is 162 g/mol. The number of aliphatic carboxylic acids is 1. The third kappa shape index (κ3) is 6.02. The van der Waals surface area contributed by atoms with Gasteiger partial charge in [-0.1, -0.05) is 0 Å². The molecule has 0 aromatic heterocycles. The number of rotatable bonds is 4. The Labute approximate surface area is 67.5 Å². The van der Waals surface area contributed by atoms with Crippen molar-refractivity contribution < 1.29 is 14.3 Å². The molecule has 11 heavy (non-hydrogen) atoms. The van der Waals surface area contributed by atoms with Crippen molar-refractivity contribution in [2.24, 2.45) is 5.73 Å². The van der Waals surface area contributed by atoms with Crippen LogP contribution in [0.25, 0.3) is 0 Å². The maximum Gasteiger partial charge on any atom is 0.322 e. The van der Waals surface area contributed by atoms with Crippen LogP contribution in [0.4, 0.5) is 0 Å². The van der Waals surface area contributed by atoms with Crippen LogP contribution in [-0.2, 0) is 9.22 Å². The lowest BCUT2D eigenvalue weighted by Crippen LogP contribution is -2.39. The molecule has 0 aromatic carbocycles.